The molecule has 3 heterocycles. The number of carbonyl (C=O) groups is 2. The van der Waals surface area contributed by atoms with Crippen LogP contribution in [0.2, 0.25) is 0 Å². The Hall–Kier alpha value is -6.68. The van der Waals surface area contributed by atoms with Crippen LogP contribution in [-0.2, 0) is 42.5 Å². The first-order chi connectivity index (χ1) is 29.9. The number of nitrogens with zero attached hydrogens (tertiary/aromatic N) is 7. The van der Waals surface area contributed by atoms with E-state index in [1.165, 1.54) is 56.6 Å². The number of carbonyl (C=O) groups excluding carboxylic acids is 2. The number of sulfonamides is 2. The number of rotatable bonds is 17. The molecule has 3 aromatic carbocycles. The molecule has 63 heavy (non-hydrogen) atoms. The monoisotopic (exact) mass is 902 g/mol. The van der Waals surface area contributed by atoms with E-state index in [9.17, 15) is 46.7 Å². The molecule has 0 spiro atoms. The number of nitro groups is 2. The fourth-order valence-electron chi connectivity index (χ4n) is 6.63. The maximum absolute atomic E-state index is 13.6. The first-order valence-electron chi connectivity index (χ1n) is 19.4. The zero-order valence-electron chi connectivity index (χ0n) is 34.9. The molecule has 6 rings (SSSR count). The van der Waals surface area contributed by atoms with Gasteiger partial charge >= 0.3 is 0 Å². The lowest BCUT2D eigenvalue weighted by molar-refractivity contribution is -0.388. The van der Waals surface area contributed by atoms with E-state index in [0.717, 1.165) is 17.2 Å². The van der Waals surface area contributed by atoms with Crippen molar-refractivity contribution in [2.75, 3.05) is 50.1 Å². The number of aromatic nitrogens is 2. The molecule has 2 aromatic heterocycles. The van der Waals surface area contributed by atoms with E-state index < -0.39 is 46.7 Å². The van der Waals surface area contributed by atoms with Crippen molar-refractivity contribution in [2.45, 2.75) is 42.9 Å². The number of benzene rings is 3. The number of amides is 2. The molecule has 1 N–H and O–H groups in total. The predicted molar refractivity (Wildman–Crippen MR) is 233 cm³/mol. The van der Waals surface area contributed by atoms with Crippen LogP contribution >= 0.6 is 0 Å². The summed E-state index contributed by atoms with van der Waals surface area (Å²) < 4.78 is 61.0. The Kier molecular flexibility index (Phi) is 15.4. The third-order valence-electron chi connectivity index (χ3n) is 10.0. The van der Waals surface area contributed by atoms with Crippen molar-refractivity contribution in [3.8, 4) is 5.75 Å². The van der Waals surface area contributed by atoms with Crippen molar-refractivity contribution in [1.82, 2.24) is 19.0 Å². The summed E-state index contributed by atoms with van der Waals surface area (Å²) in [4.78, 5) is 57.1. The Bertz CT molecular complexity index is 2670. The molecule has 1 aliphatic heterocycles. The van der Waals surface area contributed by atoms with Crippen LogP contribution in [0.4, 0.5) is 22.7 Å². The van der Waals surface area contributed by atoms with Gasteiger partial charge in [-0.2, -0.15) is 4.31 Å². The number of pyridine rings is 2. The van der Waals surface area contributed by atoms with Gasteiger partial charge in [-0.05, 0) is 80.6 Å². The highest BCUT2D eigenvalue weighted by Gasteiger charge is 2.44. The Morgan fingerprint density at radius 2 is 1.25 bits per heavy atom. The summed E-state index contributed by atoms with van der Waals surface area (Å²) in [5.74, 6) is -0.227. The number of anilines is 2. The topological polar surface area (TPSA) is 245 Å². The van der Waals surface area contributed by atoms with Crippen LogP contribution in [0.1, 0.15) is 31.4 Å². The Morgan fingerprint density at radius 1 is 0.714 bits per heavy atom. The highest BCUT2D eigenvalue weighted by molar-refractivity contribution is 7.89. The standard InChI is InChI=1S/C29H33N5O7S.C13H13N3O4S/c1-29(2)27(35)31(3)23-13-12-22(19-25(23)32(4)28(29)36)41-18-8-16-33(17-14-21-9-7-15-30-20-21)42(39,40)26-11-6-5-10-24(26)34(37)38;17-16(18)12-5-1-2-6-13(12)21(19,20)15-9-7-11-4-3-8-14-10-11/h5-7,9-13,15,19-20H,8,14,16-18H2,1-4H3;1-6,8,10,15H,7,9H2. The van der Waals surface area contributed by atoms with E-state index in [0.29, 0.717) is 30.0 Å². The molecule has 21 heteroatoms. The molecule has 0 aliphatic carbocycles. The molecule has 19 nitrogen and oxygen atoms in total. The van der Waals surface area contributed by atoms with Gasteiger partial charge in [-0.1, -0.05) is 36.4 Å². The first-order valence-corrected chi connectivity index (χ1v) is 22.4. The van der Waals surface area contributed by atoms with E-state index in [2.05, 4.69) is 14.7 Å². The second kappa shape index (κ2) is 20.5. The summed E-state index contributed by atoms with van der Waals surface area (Å²) in [6, 6.07) is 22.7. The SMILES string of the molecule is CN1C(=O)C(C)(C)C(=O)N(C)c2cc(OCCCN(CCc3cccnc3)S(=O)(=O)c3ccccc3[N+](=O)[O-])ccc21.O=[N+]([O-])c1ccccc1S(=O)(=O)NCCc1cccnc1. The third-order valence-corrected chi connectivity index (χ3v) is 13.5. The number of para-hydroxylation sites is 2. The maximum Gasteiger partial charge on any atom is 0.289 e. The second-order valence-corrected chi connectivity index (χ2v) is 18.3. The largest absolute Gasteiger partial charge is 0.493 e. The van der Waals surface area contributed by atoms with Gasteiger partial charge in [0.1, 0.15) is 11.2 Å². The minimum atomic E-state index is -4.21. The quantitative estimate of drug-likeness (QED) is 0.0549. The molecule has 0 radical (unpaired) electrons. The van der Waals surface area contributed by atoms with Gasteiger partial charge in [0.15, 0.2) is 9.79 Å². The summed E-state index contributed by atoms with van der Waals surface area (Å²) in [6.07, 6.45) is 7.63. The van der Waals surface area contributed by atoms with Crippen LogP contribution in [0.15, 0.2) is 126 Å². The minimum Gasteiger partial charge on any atom is -0.493 e. The third kappa shape index (κ3) is 11.4. The number of hydrogen-bond acceptors (Lipinski definition) is 13. The fourth-order valence-corrected chi connectivity index (χ4v) is 9.47. The zero-order chi connectivity index (χ0) is 46.0. The Morgan fingerprint density at radius 3 is 1.83 bits per heavy atom. The molecule has 0 saturated carbocycles. The van der Waals surface area contributed by atoms with Crippen molar-refractivity contribution >= 4 is 54.6 Å². The number of nitro benzene ring substituents is 2. The van der Waals surface area contributed by atoms with Crippen molar-refractivity contribution < 1.29 is 41.0 Å². The van der Waals surface area contributed by atoms with Crippen molar-refractivity contribution in [3.63, 3.8) is 0 Å². The fraction of sp³-hybridized carbons (Fsp3) is 0.286. The molecule has 332 valence electrons. The molecular weight excluding hydrogens is 857 g/mol. The van der Waals surface area contributed by atoms with Crippen LogP contribution in [0.25, 0.3) is 0 Å². The van der Waals surface area contributed by atoms with Crippen LogP contribution < -0.4 is 19.3 Å². The van der Waals surface area contributed by atoms with Gasteiger partial charge in [-0.15, -0.1) is 0 Å². The normalized spacial score (nSPS) is 13.7. The Labute approximate surface area is 364 Å². The van der Waals surface area contributed by atoms with Crippen LogP contribution in [0.3, 0.4) is 0 Å². The molecule has 0 saturated heterocycles. The summed E-state index contributed by atoms with van der Waals surface area (Å²) in [6.45, 7) is 3.58. The number of ether oxygens (including phenoxy) is 1. The van der Waals surface area contributed by atoms with Gasteiger partial charge in [0.25, 0.3) is 11.4 Å². The Balaban J connectivity index is 0.000000298. The van der Waals surface area contributed by atoms with Crippen LogP contribution in [-0.4, -0.2) is 93.1 Å². The average molecular weight is 903 g/mol. The molecule has 0 bridgehead atoms. The molecular formula is C42H46N8O11S2. The molecule has 0 unspecified atom stereocenters. The van der Waals surface area contributed by atoms with E-state index in [4.69, 9.17) is 4.74 Å². The summed E-state index contributed by atoms with van der Waals surface area (Å²) in [5.41, 5.74) is 0.612. The van der Waals surface area contributed by atoms with E-state index >= 15 is 0 Å². The van der Waals surface area contributed by atoms with Gasteiger partial charge in [0.2, 0.25) is 31.9 Å². The highest BCUT2D eigenvalue weighted by Crippen LogP contribution is 2.39. The average Bonchev–Trinajstić information content (AvgIpc) is 3.32. The summed E-state index contributed by atoms with van der Waals surface area (Å²) >= 11 is 0. The molecule has 2 amide bonds. The summed E-state index contributed by atoms with van der Waals surface area (Å²) in [7, 11) is -4.91. The van der Waals surface area contributed by atoms with Crippen LogP contribution in [0.5, 0.6) is 5.75 Å². The predicted octanol–water partition coefficient (Wildman–Crippen LogP) is 5.17. The van der Waals surface area contributed by atoms with Crippen molar-refractivity contribution in [3.05, 3.63) is 147 Å². The lowest BCUT2D eigenvalue weighted by Crippen LogP contribution is -2.46. The van der Waals surface area contributed by atoms with E-state index in [1.807, 2.05) is 12.1 Å². The lowest BCUT2D eigenvalue weighted by Gasteiger charge is -2.25. The van der Waals surface area contributed by atoms with Gasteiger partial charge in [0, 0.05) is 76.7 Å². The second-order valence-electron chi connectivity index (χ2n) is 14.7. The number of nitrogens with one attached hydrogen (secondary N) is 1. The van der Waals surface area contributed by atoms with Crippen LogP contribution in [0, 0.1) is 25.6 Å². The number of hydrogen-bond donors (Lipinski definition) is 1. The van der Waals surface area contributed by atoms with Crippen molar-refractivity contribution in [2.24, 2.45) is 5.41 Å². The summed E-state index contributed by atoms with van der Waals surface area (Å²) in [5, 5.41) is 22.4. The maximum atomic E-state index is 13.6. The molecule has 0 atom stereocenters. The minimum absolute atomic E-state index is 0.0450. The zero-order valence-corrected chi connectivity index (χ0v) is 36.5. The van der Waals surface area contributed by atoms with E-state index in [-0.39, 0.29) is 54.3 Å². The highest BCUT2D eigenvalue weighted by atomic mass is 32.2. The molecule has 0 fully saturated rings. The molecule has 1 aliphatic rings. The molecule has 5 aromatic rings. The van der Waals surface area contributed by atoms with Gasteiger partial charge in [-0.25, -0.2) is 21.6 Å². The van der Waals surface area contributed by atoms with Gasteiger partial charge in [-0.3, -0.25) is 39.8 Å². The van der Waals surface area contributed by atoms with Crippen molar-refractivity contribution in [1.29, 1.82) is 0 Å². The van der Waals surface area contributed by atoms with E-state index in [1.54, 1.807) is 83.1 Å². The van der Waals surface area contributed by atoms with Gasteiger partial charge in [0.05, 0.1) is 27.8 Å². The smallest absolute Gasteiger partial charge is 0.289 e. The first kappa shape index (κ1) is 47.4. The lowest BCUT2D eigenvalue weighted by atomic mass is 9.90. The number of fused-ring (bicyclic) bond motifs is 1. The van der Waals surface area contributed by atoms with Gasteiger partial charge < -0.3 is 14.5 Å².